The Labute approximate surface area is 171 Å². The van der Waals surface area contributed by atoms with E-state index in [4.69, 9.17) is 0 Å². The van der Waals surface area contributed by atoms with E-state index in [1.165, 1.54) is 11.1 Å². The van der Waals surface area contributed by atoms with Gasteiger partial charge in [0.1, 0.15) is 5.75 Å². The molecule has 29 heavy (non-hydrogen) atoms. The van der Waals surface area contributed by atoms with E-state index in [2.05, 4.69) is 42.1 Å². The number of aryl methyl sites for hydroxylation is 1. The first-order valence-electron chi connectivity index (χ1n) is 10.4. The molecule has 3 aromatic rings. The fourth-order valence-electron chi connectivity index (χ4n) is 5.17. The topological polar surface area (TPSA) is 78.0 Å². The molecule has 152 valence electrons. The van der Waals surface area contributed by atoms with E-state index in [0.717, 1.165) is 36.7 Å². The summed E-state index contributed by atoms with van der Waals surface area (Å²) in [5, 5.41) is 13.2. The van der Waals surface area contributed by atoms with E-state index in [1.54, 1.807) is 12.4 Å². The zero-order valence-corrected chi connectivity index (χ0v) is 17.4. The highest BCUT2D eigenvalue weighted by Gasteiger charge is 2.47. The molecular weight excluding hydrogens is 362 g/mol. The molecule has 1 aromatic heterocycles. The van der Waals surface area contributed by atoms with Crippen LogP contribution in [0.4, 0.5) is 0 Å². The molecule has 0 spiro atoms. The third kappa shape index (κ3) is 3.28. The summed E-state index contributed by atoms with van der Waals surface area (Å²) < 4.78 is 0. The number of nitrogens with one attached hydrogen (secondary N) is 2. The van der Waals surface area contributed by atoms with Crippen LogP contribution in [0.3, 0.4) is 0 Å². The lowest BCUT2D eigenvalue weighted by atomic mass is 9.53. The summed E-state index contributed by atoms with van der Waals surface area (Å²) in [7, 11) is 0. The van der Waals surface area contributed by atoms with Crippen LogP contribution < -0.4 is 5.32 Å². The molecule has 1 aliphatic rings. The fourth-order valence-corrected chi connectivity index (χ4v) is 5.17. The van der Waals surface area contributed by atoms with Crippen LogP contribution in [-0.2, 0) is 11.8 Å². The molecule has 0 saturated carbocycles. The number of aromatic nitrogens is 2. The standard InChI is InChI=1S/C24H29N3O2/c1-4-24(19-14-18(28)7-5-16(19)9-10-23(24,2)3)11-12-25-22(29)17-6-8-20-21(13-17)27-15-26-20/h5-8,13-15,28H,4,9-12H2,1-3H3,(H,25,29)(H,26,27). The van der Waals surface area contributed by atoms with Gasteiger partial charge in [0.25, 0.3) is 5.91 Å². The van der Waals surface area contributed by atoms with Crippen molar-refractivity contribution in [2.24, 2.45) is 5.41 Å². The number of phenols is 1. The highest BCUT2D eigenvalue weighted by molar-refractivity contribution is 5.97. The van der Waals surface area contributed by atoms with Crippen LogP contribution in [-0.4, -0.2) is 27.5 Å². The first-order chi connectivity index (χ1) is 13.9. The zero-order chi connectivity index (χ0) is 20.6. The van der Waals surface area contributed by atoms with Gasteiger partial charge >= 0.3 is 0 Å². The number of H-pyrrole nitrogens is 1. The minimum absolute atomic E-state index is 0.0718. The van der Waals surface area contributed by atoms with Crippen LogP contribution in [0.2, 0.25) is 0 Å². The summed E-state index contributed by atoms with van der Waals surface area (Å²) in [4.78, 5) is 20.0. The van der Waals surface area contributed by atoms with Gasteiger partial charge in [-0.1, -0.05) is 26.8 Å². The van der Waals surface area contributed by atoms with Crippen LogP contribution in [0.1, 0.15) is 61.5 Å². The molecule has 2 aromatic carbocycles. The number of nitrogens with zero attached hydrogens (tertiary/aromatic N) is 1. The van der Waals surface area contributed by atoms with Gasteiger partial charge in [0.15, 0.2) is 0 Å². The van der Waals surface area contributed by atoms with E-state index in [1.807, 2.05) is 24.3 Å². The monoisotopic (exact) mass is 391 g/mol. The van der Waals surface area contributed by atoms with Crippen LogP contribution in [0.25, 0.3) is 11.0 Å². The van der Waals surface area contributed by atoms with Gasteiger partial charge in [-0.2, -0.15) is 0 Å². The summed E-state index contributed by atoms with van der Waals surface area (Å²) in [6.45, 7) is 7.44. The number of imidazole rings is 1. The third-order valence-corrected chi connectivity index (χ3v) is 7.05. The number of hydrogen-bond acceptors (Lipinski definition) is 3. The second kappa shape index (κ2) is 7.21. The molecule has 0 radical (unpaired) electrons. The Morgan fingerprint density at radius 3 is 2.86 bits per heavy atom. The van der Waals surface area contributed by atoms with Crippen molar-refractivity contribution < 1.29 is 9.90 Å². The predicted molar refractivity (Wildman–Crippen MR) is 115 cm³/mol. The molecule has 1 atom stereocenters. The predicted octanol–water partition coefficient (Wildman–Crippen LogP) is 4.71. The normalized spacial score (nSPS) is 20.4. The Bertz CT molecular complexity index is 1050. The molecule has 0 fully saturated rings. The van der Waals surface area contributed by atoms with Crippen molar-refractivity contribution in [3.63, 3.8) is 0 Å². The molecule has 0 aliphatic heterocycles. The number of carbonyl (C=O) groups excluding carboxylic acids is 1. The number of aromatic amines is 1. The van der Waals surface area contributed by atoms with Crippen molar-refractivity contribution in [1.82, 2.24) is 15.3 Å². The van der Waals surface area contributed by atoms with E-state index in [0.29, 0.717) is 17.9 Å². The number of amides is 1. The summed E-state index contributed by atoms with van der Waals surface area (Å²) in [5.41, 5.74) is 4.91. The third-order valence-electron chi connectivity index (χ3n) is 7.05. The highest BCUT2D eigenvalue weighted by Crippen LogP contribution is 2.54. The number of rotatable bonds is 5. The van der Waals surface area contributed by atoms with Gasteiger partial charge in [-0.05, 0) is 72.6 Å². The molecule has 0 bridgehead atoms. The van der Waals surface area contributed by atoms with Gasteiger partial charge in [0.05, 0.1) is 17.4 Å². The van der Waals surface area contributed by atoms with Crippen molar-refractivity contribution in [3.05, 3.63) is 59.4 Å². The van der Waals surface area contributed by atoms with E-state index in [-0.39, 0.29) is 16.7 Å². The first-order valence-corrected chi connectivity index (χ1v) is 10.4. The van der Waals surface area contributed by atoms with Crippen molar-refractivity contribution >= 4 is 16.9 Å². The Balaban J connectivity index is 1.55. The van der Waals surface area contributed by atoms with Crippen LogP contribution in [0, 0.1) is 5.41 Å². The van der Waals surface area contributed by atoms with Crippen molar-refractivity contribution in [3.8, 4) is 5.75 Å². The van der Waals surface area contributed by atoms with Crippen LogP contribution in [0.5, 0.6) is 5.75 Å². The second-order valence-electron chi connectivity index (χ2n) is 8.80. The molecule has 5 nitrogen and oxygen atoms in total. The number of phenolic OH excluding ortho intramolecular Hbond substituents is 1. The summed E-state index contributed by atoms with van der Waals surface area (Å²) >= 11 is 0. The lowest BCUT2D eigenvalue weighted by Crippen LogP contribution is -2.47. The Morgan fingerprint density at radius 1 is 1.24 bits per heavy atom. The van der Waals surface area contributed by atoms with E-state index in [9.17, 15) is 9.90 Å². The average molecular weight is 392 g/mol. The van der Waals surface area contributed by atoms with Crippen molar-refractivity contribution in [2.45, 2.75) is 51.9 Å². The van der Waals surface area contributed by atoms with Crippen molar-refractivity contribution in [2.75, 3.05) is 6.54 Å². The molecule has 0 saturated heterocycles. The minimum atomic E-state index is -0.0834. The second-order valence-corrected chi connectivity index (χ2v) is 8.80. The SMILES string of the molecule is CCC1(CCNC(=O)c2ccc3nc[nH]c3c2)c2cc(O)ccc2CCC1(C)C. The average Bonchev–Trinajstić information content (AvgIpc) is 3.17. The summed E-state index contributed by atoms with van der Waals surface area (Å²) in [5.74, 6) is 0.244. The Kier molecular flexibility index (Phi) is 4.85. The quantitative estimate of drug-likeness (QED) is 0.589. The Morgan fingerprint density at radius 2 is 2.07 bits per heavy atom. The molecule has 5 heteroatoms. The number of benzene rings is 2. The maximum atomic E-state index is 12.7. The maximum absolute atomic E-state index is 12.7. The van der Waals surface area contributed by atoms with Gasteiger partial charge in [-0.3, -0.25) is 4.79 Å². The van der Waals surface area contributed by atoms with Gasteiger partial charge in [-0.25, -0.2) is 4.98 Å². The lowest BCUT2D eigenvalue weighted by molar-refractivity contribution is 0.0909. The fraction of sp³-hybridized carbons (Fsp3) is 0.417. The summed E-state index contributed by atoms with van der Waals surface area (Å²) in [6.07, 6.45) is 5.57. The molecule has 4 rings (SSSR count). The van der Waals surface area contributed by atoms with E-state index >= 15 is 0 Å². The van der Waals surface area contributed by atoms with Crippen LogP contribution in [0.15, 0.2) is 42.7 Å². The molecule has 1 unspecified atom stereocenters. The molecule has 1 amide bonds. The van der Waals surface area contributed by atoms with Gasteiger partial charge in [0, 0.05) is 17.5 Å². The number of fused-ring (bicyclic) bond motifs is 2. The summed E-state index contributed by atoms with van der Waals surface area (Å²) in [6, 6.07) is 11.3. The smallest absolute Gasteiger partial charge is 0.251 e. The largest absolute Gasteiger partial charge is 0.508 e. The lowest BCUT2D eigenvalue weighted by Gasteiger charge is -2.51. The van der Waals surface area contributed by atoms with E-state index < -0.39 is 0 Å². The number of carbonyl (C=O) groups is 1. The minimum Gasteiger partial charge on any atom is -0.508 e. The molecular formula is C24H29N3O2. The van der Waals surface area contributed by atoms with Crippen LogP contribution >= 0.6 is 0 Å². The number of aromatic hydroxyl groups is 1. The first kappa shape index (κ1) is 19.5. The molecule has 1 aliphatic carbocycles. The molecule has 1 heterocycles. The maximum Gasteiger partial charge on any atom is 0.251 e. The van der Waals surface area contributed by atoms with Gasteiger partial charge in [-0.15, -0.1) is 0 Å². The Hall–Kier alpha value is -2.82. The highest BCUT2D eigenvalue weighted by atomic mass is 16.3. The zero-order valence-electron chi connectivity index (χ0n) is 17.4. The van der Waals surface area contributed by atoms with Crippen molar-refractivity contribution in [1.29, 1.82) is 0 Å². The number of hydrogen-bond donors (Lipinski definition) is 3. The molecule has 3 N–H and O–H groups in total. The van der Waals surface area contributed by atoms with Gasteiger partial charge in [0.2, 0.25) is 0 Å². The van der Waals surface area contributed by atoms with Gasteiger partial charge < -0.3 is 15.4 Å².